The lowest BCUT2D eigenvalue weighted by atomic mass is 9.99. The van der Waals surface area contributed by atoms with Crippen LogP contribution in [0, 0.1) is 0 Å². The minimum absolute atomic E-state index is 0.0898. The third kappa shape index (κ3) is 2.42. The van der Waals surface area contributed by atoms with Crippen LogP contribution in [0.4, 0.5) is 4.39 Å². The van der Waals surface area contributed by atoms with Gasteiger partial charge in [0.15, 0.2) is 0 Å². The van der Waals surface area contributed by atoms with Gasteiger partial charge in [-0.3, -0.25) is 0 Å². The van der Waals surface area contributed by atoms with Crippen LogP contribution < -0.4 is 5.73 Å². The molecule has 3 atom stereocenters. The minimum Gasteiger partial charge on any atom is -0.374 e. The molecule has 11 heavy (non-hydrogen) atoms. The zero-order valence-electron chi connectivity index (χ0n) is 6.92. The molecule has 0 aromatic rings. The summed E-state index contributed by atoms with van der Waals surface area (Å²) in [5.41, 5.74) is 5.69. The van der Waals surface area contributed by atoms with Gasteiger partial charge in [0.05, 0.1) is 12.7 Å². The highest BCUT2D eigenvalue weighted by Crippen LogP contribution is 2.18. The first-order valence-electron chi connectivity index (χ1n) is 4.25. The van der Waals surface area contributed by atoms with Crippen LogP contribution in [0.3, 0.4) is 0 Å². The molecule has 1 heterocycles. The third-order valence-corrected chi connectivity index (χ3v) is 2.07. The summed E-state index contributed by atoms with van der Waals surface area (Å²) in [6.07, 6.45) is 1.71. The van der Waals surface area contributed by atoms with Gasteiger partial charge >= 0.3 is 0 Å². The zero-order valence-corrected chi connectivity index (χ0v) is 6.92. The van der Waals surface area contributed by atoms with Crippen LogP contribution in [0.5, 0.6) is 0 Å². The molecule has 1 rings (SSSR count). The van der Waals surface area contributed by atoms with Crippen molar-refractivity contribution < 1.29 is 9.13 Å². The molecule has 0 aliphatic carbocycles. The van der Waals surface area contributed by atoms with Gasteiger partial charge in [0.1, 0.15) is 6.17 Å². The van der Waals surface area contributed by atoms with Crippen molar-refractivity contribution in [2.45, 2.75) is 44.5 Å². The number of nitrogens with two attached hydrogens (primary N) is 1. The number of ether oxygens (including phenoxy) is 1. The average Bonchev–Trinajstić information content (AvgIpc) is 1.95. The Hall–Kier alpha value is -0.150. The number of halogens is 1. The lowest BCUT2D eigenvalue weighted by Gasteiger charge is -2.30. The molecule has 0 saturated carbocycles. The molecule has 0 amide bonds. The number of hydrogen-bond acceptors (Lipinski definition) is 2. The molecule has 1 saturated heterocycles. The van der Waals surface area contributed by atoms with E-state index in [0.29, 0.717) is 6.42 Å². The van der Waals surface area contributed by atoms with Crippen LogP contribution in [0.2, 0.25) is 0 Å². The Morgan fingerprint density at radius 1 is 1.64 bits per heavy atom. The second-order valence-corrected chi connectivity index (χ2v) is 3.16. The standard InChI is InChI=1S/C8H16FNO/c1-2-3-8-7(10)4-6(9)5-11-8/h6-8H,2-5,10H2,1H3. The lowest BCUT2D eigenvalue weighted by molar-refractivity contribution is -0.0429. The SMILES string of the molecule is CCCC1OCC(F)CC1N. The van der Waals surface area contributed by atoms with Crippen molar-refractivity contribution in [2.24, 2.45) is 5.73 Å². The molecule has 2 N–H and O–H groups in total. The van der Waals surface area contributed by atoms with Gasteiger partial charge in [0.25, 0.3) is 0 Å². The fourth-order valence-corrected chi connectivity index (χ4v) is 1.45. The molecule has 0 bridgehead atoms. The lowest BCUT2D eigenvalue weighted by Crippen LogP contribution is -2.44. The van der Waals surface area contributed by atoms with Crippen molar-refractivity contribution in [3.8, 4) is 0 Å². The van der Waals surface area contributed by atoms with E-state index in [1.807, 2.05) is 0 Å². The van der Waals surface area contributed by atoms with Gasteiger partial charge in [0, 0.05) is 6.04 Å². The van der Waals surface area contributed by atoms with Crippen LogP contribution >= 0.6 is 0 Å². The highest BCUT2D eigenvalue weighted by molar-refractivity contribution is 4.81. The Balaban J connectivity index is 2.31. The summed E-state index contributed by atoms with van der Waals surface area (Å²) < 4.78 is 17.9. The van der Waals surface area contributed by atoms with Crippen LogP contribution in [0.25, 0.3) is 0 Å². The quantitative estimate of drug-likeness (QED) is 0.661. The molecule has 3 heteroatoms. The van der Waals surface area contributed by atoms with Crippen LogP contribution in [0.15, 0.2) is 0 Å². The van der Waals surface area contributed by atoms with E-state index in [1.54, 1.807) is 0 Å². The van der Waals surface area contributed by atoms with Gasteiger partial charge in [-0.05, 0) is 12.8 Å². The van der Waals surface area contributed by atoms with Gasteiger partial charge in [-0.2, -0.15) is 0 Å². The van der Waals surface area contributed by atoms with E-state index in [1.165, 1.54) is 0 Å². The van der Waals surface area contributed by atoms with E-state index in [4.69, 9.17) is 10.5 Å². The molecule has 0 spiro atoms. The van der Waals surface area contributed by atoms with Crippen molar-refractivity contribution in [2.75, 3.05) is 6.61 Å². The first-order chi connectivity index (χ1) is 5.24. The Labute approximate surface area is 66.9 Å². The summed E-state index contributed by atoms with van der Waals surface area (Å²) in [6.45, 7) is 2.32. The summed E-state index contributed by atoms with van der Waals surface area (Å²) in [5.74, 6) is 0. The Morgan fingerprint density at radius 3 is 2.91 bits per heavy atom. The number of hydrogen-bond donors (Lipinski definition) is 1. The van der Waals surface area contributed by atoms with Crippen molar-refractivity contribution in [1.82, 2.24) is 0 Å². The van der Waals surface area contributed by atoms with Gasteiger partial charge in [-0.25, -0.2) is 4.39 Å². The molecule has 0 radical (unpaired) electrons. The van der Waals surface area contributed by atoms with Crippen LogP contribution in [-0.2, 0) is 4.74 Å². The Kier molecular flexibility index (Phi) is 3.27. The summed E-state index contributed by atoms with van der Waals surface area (Å²) in [7, 11) is 0. The second kappa shape index (κ2) is 4.02. The molecule has 3 unspecified atom stereocenters. The van der Waals surface area contributed by atoms with Gasteiger partial charge in [-0.15, -0.1) is 0 Å². The molecular formula is C8H16FNO. The minimum atomic E-state index is -0.849. The van der Waals surface area contributed by atoms with E-state index in [2.05, 4.69) is 6.92 Å². The number of rotatable bonds is 2. The normalized spacial score (nSPS) is 39.0. The van der Waals surface area contributed by atoms with Crippen LogP contribution in [-0.4, -0.2) is 24.9 Å². The highest BCUT2D eigenvalue weighted by atomic mass is 19.1. The summed E-state index contributed by atoms with van der Waals surface area (Å²) in [6, 6.07) is -0.0984. The predicted molar refractivity (Wildman–Crippen MR) is 42.1 cm³/mol. The Morgan fingerprint density at radius 2 is 2.36 bits per heavy atom. The maximum atomic E-state index is 12.6. The molecule has 1 aliphatic heterocycles. The molecule has 66 valence electrons. The first-order valence-corrected chi connectivity index (χ1v) is 4.25. The maximum absolute atomic E-state index is 12.6. The van der Waals surface area contributed by atoms with E-state index in [9.17, 15) is 4.39 Å². The van der Waals surface area contributed by atoms with Gasteiger partial charge in [-0.1, -0.05) is 13.3 Å². The van der Waals surface area contributed by atoms with Crippen molar-refractivity contribution >= 4 is 0 Å². The third-order valence-electron chi connectivity index (χ3n) is 2.07. The smallest absolute Gasteiger partial charge is 0.125 e. The number of alkyl halides is 1. The van der Waals surface area contributed by atoms with Crippen molar-refractivity contribution in [3.63, 3.8) is 0 Å². The van der Waals surface area contributed by atoms with E-state index < -0.39 is 6.17 Å². The molecule has 0 aromatic heterocycles. The van der Waals surface area contributed by atoms with E-state index >= 15 is 0 Å². The van der Waals surface area contributed by atoms with E-state index in [0.717, 1.165) is 12.8 Å². The zero-order chi connectivity index (χ0) is 8.27. The summed E-state index contributed by atoms with van der Waals surface area (Å²) >= 11 is 0. The van der Waals surface area contributed by atoms with E-state index in [-0.39, 0.29) is 18.8 Å². The highest BCUT2D eigenvalue weighted by Gasteiger charge is 2.27. The fourth-order valence-electron chi connectivity index (χ4n) is 1.45. The summed E-state index contributed by atoms with van der Waals surface area (Å²) in [5, 5.41) is 0. The maximum Gasteiger partial charge on any atom is 0.125 e. The molecule has 2 nitrogen and oxygen atoms in total. The molecular weight excluding hydrogens is 145 g/mol. The largest absolute Gasteiger partial charge is 0.374 e. The molecule has 0 aromatic carbocycles. The molecule has 1 aliphatic rings. The predicted octanol–water partition coefficient (Wildman–Crippen LogP) is 1.24. The topological polar surface area (TPSA) is 35.2 Å². The van der Waals surface area contributed by atoms with Gasteiger partial charge < -0.3 is 10.5 Å². The van der Waals surface area contributed by atoms with Crippen LogP contribution in [0.1, 0.15) is 26.2 Å². The average molecular weight is 161 g/mol. The monoisotopic (exact) mass is 161 g/mol. The van der Waals surface area contributed by atoms with Crippen molar-refractivity contribution in [1.29, 1.82) is 0 Å². The van der Waals surface area contributed by atoms with Crippen molar-refractivity contribution in [3.05, 3.63) is 0 Å². The van der Waals surface area contributed by atoms with Gasteiger partial charge in [0.2, 0.25) is 0 Å². The molecule has 1 fully saturated rings. The summed E-state index contributed by atoms with van der Waals surface area (Å²) in [4.78, 5) is 0. The fraction of sp³-hybridized carbons (Fsp3) is 1.00. The first kappa shape index (κ1) is 8.94. The Bertz CT molecular complexity index is 121. The second-order valence-electron chi connectivity index (χ2n) is 3.16.